The average molecular weight is 359 g/mol. The molecular weight excluding hydrogens is 324 g/mol. The molecule has 0 spiro atoms. The van der Waals surface area contributed by atoms with Crippen LogP contribution in [0.5, 0.6) is 0 Å². The Morgan fingerprint density at radius 2 is 1.75 bits per heavy atom. The molecular formula is C17H34N2O4Si. The smallest absolute Gasteiger partial charge is 0.410 e. The number of nitroso groups, excluding NO2 is 1. The van der Waals surface area contributed by atoms with Crippen molar-refractivity contribution in [2.75, 3.05) is 6.54 Å². The molecule has 0 saturated carbocycles. The van der Waals surface area contributed by atoms with Crippen LogP contribution in [0.2, 0.25) is 18.1 Å². The summed E-state index contributed by atoms with van der Waals surface area (Å²) in [5.41, 5.74) is -0.572. The van der Waals surface area contributed by atoms with E-state index in [4.69, 9.17) is 9.16 Å². The van der Waals surface area contributed by atoms with Crippen molar-refractivity contribution >= 4 is 14.4 Å². The van der Waals surface area contributed by atoms with Crippen molar-refractivity contribution in [2.24, 2.45) is 5.18 Å². The van der Waals surface area contributed by atoms with Gasteiger partial charge in [0.1, 0.15) is 11.6 Å². The van der Waals surface area contributed by atoms with Gasteiger partial charge in [0.2, 0.25) is 0 Å². The summed E-state index contributed by atoms with van der Waals surface area (Å²) in [6.07, 6.45) is 0.131. The Labute approximate surface area is 147 Å². The largest absolute Gasteiger partial charge is 0.444 e. The van der Waals surface area contributed by atoms with Crippen LogP contribution in [0.4, 0.5) is 4.79 Å². The van der Waals surface area contributed by atoms with Gasteiger partial charge in [-0.25, -0.2) is 4.79 Å². The van der Waals surface area contributed by atoms with Gasteiger partial charge >= 0.3 is 6.09 Å². The van der Waals surface area contributed by atoms with Crippen LogP contribution in [0, 0.1) is 4.91 Å². The Hall–Kier alpha value is -0.953. The third-order valence-electron chi connectivity index (χ3n) is 4.94. The van der Waals surface area contributed by atoms with Gasteiger partial charge in [-0.05, 0) is 52.2 Å². The van der Waals surface area contributed by atoms with E-state index in [2.05, 4.69) is 39.0 Å². The molecule has 1 amide bonds. The number of ether oxygens (including phenoxy) is 1. The van der Waals surface area contributed by atoms with E-state index in [1.807, 2.05) is 20.8 Å². The number of nitrogens with zero attached hydrogens (tertiary/aromatic N) is 2. The SMILES string of the molecule is CC(N=O)[C@@H]1[C@@H](O[Si](C)(C)C(C)(C)C)CCN1C(=O)OC(C)(C)C. The second-order valence-corrected chi connectivity index (χ2v) is 14.0. The number of hydrogen-bond donors (Lipinski definition) is 0. The van der Waals surface area contributed by atoms with E-state index in [0.29, 0.717) is 13.0 Å². The third-order valence-corrected chi connectivity index (χ3v) is 9.44. The van der Waals surface area contributed by atoms with Crippen LogP contribution in [0.25, 0.3) is 0 Å². The quantitative estimate of drug-likeness (QED) is 0.546. The van der Waals surface area contributed by atoms with Crippen LogP contribution in [0.15, 0.2) is 5.18 Å². The van der Waals surface area contributed by atoms with Gasteiger partial charge in [0, 0.05) is 6.54 Å². The first-order valence-corrected chi connectivity index (χ1v) is 11.6. The Morgan fingerprint density at radius 3 is 2.17 bits per heavy atom. The van der Waals surface area contributed by atoms with Crippen molar-refractivity contribution in [3.8, 4) is 0 Å². The van der Waals surface area contributed by atoms with E-state index in [-0.39, 0.29) is 17.2 Å². The molecule has 1 aliphatic rings. The summed E-state index contributed by atoms with van der Waals surface area (Å²) < 4.78 is 12.0. The highest BCUT2D eigenvalue weighted by atomic mass is 28.4. The Kier molecular flexibility index (Phi) is 6.25. The first-order chi connectivity index (χ1) is 10.7. The first kappa shape index (κ1) is 21.1. The zero-order valence-electron chi connectivity index (χ0n) is 16.7. The highest BCUT2D eigenvalue weighted by molar-refractivity contribution is 6.74. The molecule has 0 aromatic carbocycles. The van der Waals surface area contributed by atoms with Crippen LogP contribution in [-0.2, 0) is 9.16 Å². The summed E-state index contributed by atoms with van der Waals surface area (Å²) in [7, 11) is -2.00. The predicted octanol–water partition coefficient (Wildman–Crippen LogP) is 4.54. The van der Waals surface area contributed by atoms with E-state index in [1.165, 1.54) is 0 Å². The molecule has 1 unspecified atom stereocenters. The zero-order valence-corrected chi connectivity index (χ0v) is 17.7. The first-order valence-electron chi connectivity index (χ1n) is 8.69. The van der Waals surface area contributed by atoms with Crippen molar-refractivity contribution in [3.63, 3.8) is 0 Å². The summed E-state index contributed by atoms with van der Waals surface area (Å²) in [6.45, 7) is 18.7. The molecule has 0 N–H and O–H groups in total. The minimum Gasteiger partial charge on any atom is -0.444 e. The van der Waals surface area contributed by atoms with Crippen molar-refractivity contribution in [2.45, 2.75) is 96.8 Å². The molecule has 1 fully saturated rings. The second-order valence-electron chi connectivity index (χ2n) is 9.22. The molecule has 0 aromatic rings. The van der Waals surface area contributed by atoms with Gasteiger partial charge in [0.05, 0.1) is 12.1 Å². The molecule has 1 rings (SSSR count). The zero-order chi connectivity index (χ0) is 18.9. The Morgan fingerprint density at radius 1 is 1.21 bits per heavy atom. The lowest BCUT2D eigenvalue weighted by molar-refractivity contribution is 0.0138. The summed E-state index contributed by atoms with van der Waals surface area (Å²) in [6, 6.07) is -0.902. The molecule has 24 heavy (non-hydrogen) atoms. The number of carbonyl (C=O) groups excluding carboxylic acids is 1. The van der Waals surface area contributed by atoms with Crippen LogP contribution in [0.3, 0.4) is 0 Å². The molecule has 6 nitrogen and oxygen atoms in total. The topological polar surface area (TPSA) is 68.2 Å². The standard InChI is InChI=1S/C17H34N2O4Si/c1-12(18-21)14-13(23-24(8,9)17(5,6)7)10-11-19(14)15(20)22-16(2,3)4/h12-14H,10-11H2,1-9H3/t12?,13-,14+/m0/s1. The maximum absolute atomic E-state index is 12.5. The number of likely N-dealkylation sites (tertiary alicyclic amines) is 1. The fraction of sp³-hybridized carbons (Fsp3) is 0.941. The molecule has 140 valence electrons. The van der Waals surface area contributed by atoms with Crippen LogP contribution >= 0.6 is 0 Å². The van der Waals surface area contributed by atoms with E-state index in [1.54, 1.807) is 11.8 Å². The minimum absolute atomic E-state index is 0.0642. The normalized spacial score (nSPS) is 24.0. The van der Waals surface area contributed by atoms with Gasteiger partial charge in [0.25, 0.3) is 0 Å². The third kappa shape index (κ3) is 5.02. The van der Waals surface area contributed by atoms with Crippen LogP contribution < -0.4 is 0 Å². The van der Waals surface area contributed by atoms with Gasteiger partial charge < -0.3 is 14.1 Å². The summed E-state index contributed by atoms with van der Waals surface area (Å²) >= 11 is 0. The highest BCUT2D eigenvalue weighted by Gasteiger charge is 2.48. The van der Waals surface area contributed by atoms with Crippen molar-refractivity contribution in [1.29, 1.82) is 0 Å². The van der Waals surface area contributed by atoms with Gasteiger partial charge in [-0.1, -0.05) is 25.9 Å². The number of carbonyl (C=O) groups is 1. The summed E-state index contributed by atoms with van der Waals surface area (Å²) in [5.74, 6) is 0. The number of rotatable bonds is 4. The van der Waals surface area contributed by atoms with Crippen molar-refractivity contribution in [3.05, 3.63) is 4.91 Å². The molecule has 0 aliphatic carbocycles. The van der Waals surface area contributed by atoms with E-state index < -0.39 is 26.1 Å². The lowest BCUT2D eigenvalue weighted by atomic mass is 10.1. The Bertz CT molecular complexity index is 468. The van der Waals surface area contributed by atoms with Crippen LogP contribution in [0.1, 0.15) is 54.9 Å². The molecule has 3 atom stereocenters. The highest BCUT2D eigenvalue weighted by Crippen LogP contribution is 2.40. The summed E-state index contributed by atoms with van der Waals surface area (Å²) in [5, 5.41) is 3.24. The van der Waals surface area contributed by atoms with Gasteiger partial charge in [-0.3, -0.25) is 0 Å². The molecule has 1 saturated heterocycles. The van der Waals surface area contributed by atoms with Gasteiger partial charge in [-0.15, -0.1) is 0 Å². The lowest BCUT2D eigenvalue weighted by Gasteiger charge is -2.40. The molecule has 0 aromatic heterocycles. The monoisotopic (exact) mass is 358 g/mol. The molecule has 1 heterocycles. The Balaban J connectivity index is 3.00. The predicted molar refractivity (Wildman–Crippen MR) is 98.7 cm³/mol. The molecule has 7 heteroatoms. The van der Waals surface area contributed by atoms with Crippen molar-refractivity contribution in [1.82, 2.24) is 4.90 Å². The molecule has 0 radical (unpaired) electrons. The van der Waals surface area contributed by atoms with E-state index in [0.717, 1.165) is 0 Å². The number of amides is 1. The van der Waals surface area contributed by atoms with E-state index in [9.17, 15) is 9.70 Å². The van der Waals surface area contributed by atoms with Gasteiger partial charge in [0.15, 0.2) is 8.32 Å². The van der Waals surface area contributed by atoms with Crippen molar-refractivity contribution < 1.29 is 14.0 Å². The lowest BCUT2D eigenvalue weighted by Crippen LogP contribution is -2.52. The maximum atomic E-state index is 12.5. The average Bonchev–Trinajstić information content (AvgIpc) is 2.77. The maximum Gasteiger partial charge on any atom is 0.410 e. The molecule has 0 bridgehead atoms. The van der Waals surface area contributed by atoms with Crippen LogP contribution in [-0.4, -0.2) is 49.6 Å². The minimum atomic E-state index is -2.00. The van der Waals surface area contributed by atoms with Gasteiger partial charge in [-0.2, -0.15) is 4.91 Å². The molecule has 1 aliphatic heterocycles. The fourth-order valence-corrected chi connectivity index (χ4v) is 4.01. The van der Waals surface area contributed by atoms with E-state index >= 15 is 0 Å². The fourth-order valence-electron chi connectivity index (χ4n) is 2.64. The second kappa shape index (κ2) is 7.12. The number of hydrogen-bond acceptors (Lipinski definition) is 5. The summed E-state index contributed by atoms with van der Waals surface area (Å²) in [4.78, 5) is 25.3.